The Morgan fingerprint density at radius 2 is 1.91 bits per heavy atom. The number of rotatable bonds is 11. The van der Waals surface area contributed by atoms with Gasteiger partial charge in [-0.1, -0.05) is 6.07 Å². The van der Waals surface area contributed by atoms with Gasteiger partial charge in [0.15, 0.2) is 5.96 Å². The van der Waals surface area contributed by atoms with Gasteiger partial charge in [-0.2, -0.15) is 13.2 Å². The van der Waals surface area contributed by atoms with E-state index in [4.69, 9.17) is 11.5 Å². The molecule has 0 bridgehead atoms. The minimum Gasteiger partial charge on any atom is -0.370 e. The zero-order valence-electron chi connectivity index (χ0n) is 18.2. The third-order valence-corrected chi connectivity index (χ3v) is 5.89. The van der Waals surface area contributed by atoms with Crippen LogP contribution < -0.4 is 27.1 Å². The Morgan fingerprint density at radius 3 is 2.54 bits per heavy atom. The number of guanidine groups is 1. The number of hydrogen-bond donors (Lipinski definition) is 4. The SMILES string of the molecule is NC(N)=NCCC[C@@H](C=O)NC(=O)Cn1cccc(NS(=O)(=O)c2cccc(C(F)(F)F)c2)c1=O. The lowest BCUT2D eigenvalue weighted by Crippen LogP contribution is -2.40. The van der Waals surface area contributed by atoms with Crippen molar-refractivity contribution in [3.05, 3.63) is 58.5 Å². The number of aliphatic imine (C=N–C) groups is 1. The van der Waals surface area contributed by atoms with Crippen LogP contribution in [0.25, 0.3) is 0 Å². The molecule has 0 spiro atoms. The van der Waals surface area contributed by atoms with Crippen molar-refractivity contribution >= 4 is 33.9 Å². The summed E-state index contributed by atoms with van der Waals surface area (Å²) in [5, 5.41) is 2.42. The van der Waals surface area contributed by atoms with Crippen LogP contribution in [0.4, 0.5) is 18.9 Å². The first-order chi connectivity index (χ1) is 16.3. The summed E-state index contributed by atoms with van der Waals surface area (Å²) < 4.78 is 66.7. The molecule has 35 heavy (non-hydrogen) atoms. The largest absolute Gasteiger partial charge is 0.416 e. The maximum absolute atomic E-state index is 12.9. The van der Waals surface area contributed by atoms with E-state index in [0.717, 1.165) is 22.8 Å². The normalized spacial score (nSPS) is 12.4. The van der Waals surface area contributed by atoms with E-state index in [9.17, 15) is 36.0 Å². The summed E-state index contributed by atoms with van der Waals surface area (Å²) in [6.07, 6.45) is -2.41. The maximum atomic E-state index is 12.9. The number of nitrogens with zero attached hydrogens (tertiary/aromatic N) is 2. The zero-order chi connectivity index (χ0) is 26.2. The van der Waals surface area contributed by atoms with E-state index in [1.807, 2.05) is 4.72 Å². The van der Waals surface area contributed by atoms with Crippen molar-refractivity contribution in [2.24, 2.45) is 16.5 Å². The van der Waals surface area contributed by atoms with E-state index in [1.165, 1.54) is 12.3 Å². The molecular weight excluding hydrogens is 493 g/mol. The summed E-state index contributed by atoms with van der Waals surface area (Å²) in [5.74, 6) is -0.816. The molecule has 190 valence electrons. The predicted octanol–water partition coefficient (Wildman–Crippen LogP) is 0.405. The van der Waals surface area contributed by atoms with Crippen LogP contribution in [0.5, 0.6) is 0 Å². The van der Waals surface area contributed by atoms with Crippen molar-refractivity contribution < 1.29 is 31.2 Å². The van der Waals surface area contributed by atoms with E-state index >= 15 is 0 Å². The van der Waals surface area contributed by atoms with Gasteiger partial charge in [-0.25, -0.2) is 8.42 Å². The third-order valence-electron chi connectivity index (χ3n) is 4.53. The van der Waals surface area contributed by atoms with Gasteiger partial charge in [-0.3, -0.25) is 19.3 Å². The lowest BCUT2D eigenvalue weighted by atomic mass is 10.2. The van der Waals surface area contributed by atoms with Crippen molar-refractivity contribution in [2.75, 3.05) is 11.3 Å². The summed E-state index contributed by atoms with van der Waals surface area (Å²) in [5.41, 5.74) is 7.81. The highest BCUT2D eigenvalue weighted by atomic mass is 32.2. The number of hydrogen-bond acceptors (Lipinski definition) is 6. The van der Waals surface area contributed by atoms with Crippen molar-refractivity contribution in [1.29, 1.82) is 0 Å². The Balaban J connectivity index is 2.12. The lowest BCUT2D eigenvalue weighted by molar-refractivity contribution is -0.137. The number of anilines is 1. The molecule has 6 N–H and O–H groups in total. The van der Waals surface area contributed by atoms with Gasteiger partial charge in [0.1, 0.15) is 18.5 Å². The molecule has 0 saturated carbocycles. The number of alkyl halides is 3. The number of nitrogens with two attached hydrogens (primary N) is 2. The number of aromatic nitrogens is 1. The molecule has 2 aromatic rings. The molecule has 0 aliphatic heterocycles. The fraction of sp³-hybridized carbons (Fsp3) is 0.300. The molecule has 0 radical (unpaired) electrons. The Kier molecular flexibility index (Phi) is 8.99. The molecule has 0 unspecified atom stereocenters. The molecule has 11 nitrogen and oxygen atoms in total. The van der Waals surface area contributed by atoms with E-state index in [1.54, 1.807) is 0 Å². The van der Waals surface area contributed by atoms with Crippen molar-refractivity contribution in [2.45, 2.75) is 36.5 Å². The number of amides is 1. The predicted molar refractivity (Wildman–Crippen MR) is 121 cm³/mol. The number of carbonyl (C=O) groups excluding carboxylic acids is 2. The number of pyridine rings is 1. The molecule has 1 atom stereocenters. The van der Waals surface area contributed by atoms with Crippen LogP contribution in [0.1, 0.15) is 18.4 Å². The number of nitrogens with one attached hydrogen (secondary N) is 2. The summed E-state index contributed by atoms with van der Waals surface area (Å²) in [6, 6.07) is 4.51. The first-order valence-electron chi connectivity index (χ1n) is 10.0. The molecule has 0 aliphatic carbocycles. The maximum Gasteiger partial charge on any atom is 0.416 e. The second kappa shape index (κ2) is 11.5. The van der Waals surface area contributed by atoms with Crippen LogP contribution in [0.15, 0.2) is 57.3 Å². The van der Waals surface area contributed by atoms with Crippen LogP contribution in [-0.2, 0) is 32.3 Å². The molecule has 2 rings (SSSR count). The van der Waals surface area contributed by atoms with Crippen LogP contribution in [-0.4, -0.2) is 43.7 Å². The smallest absolute Gasteiger partial charge is 0.370 e. The van der Waals surface area contributed by atoms with Gasteiger partial charge in [0.05, 0.1) is 16.5 Å². The van der Waals surface area contributed by atoms with Crippen molar-refractivity contribution in [1.82, 2.24) is 9.88 Å². The fourth-order valence-electron chi connectivity index (χ4n) is 2.88. The van der Waals surface area contributed by atoms with E-state index < -0.39 is 56.4 Å². The summed E-state index contributed by atoms with van der Waals surface area (Å²) >= 11 is 0. The summed E-state index contributed by atoms with van der Waals surface area (Å²) in [6.45, 7) is -0.299. The monoisotopic (exact) mass is 516 g/mol. The molecule has 0 fully saturated rings. The zero-order valence-corrected chi connectivity index (χ0v) is 19.0. The van der Waals surface area contributed by atoms with Gasteiger partial charge in [0.2, 0.25) is 5.91 Å². The summed E-state index contributed by atoms with van der Waals surface area (Å²) in [7, 11) is -4.54. The van der Waals surface area contributed by atoms with Crippen LogP contribution in [0, 0.1) is 0 Å². The van der Waals surface area contributed by atoms with Crippen LogP contribution >= 0.6 is 0 Å². The van der Waals surface area contributed by atoms with Gasteiger partial charge in [0.25, 0.3) is 15.6 Å². The Labute approximate surface area is 198 Å². The quantitative estimate of drug-likeness (QED) is 0.144. The Bertz CT molecular complexity index is 1260. The molecular formula is C20H23F3N6O5S. The molecule has 15 heteroatoms. The van der Waals surface area contributed by atoms with Crippen molar-refractivity contribution in [3.8, 4) is 0 Å². The third kappa shape index (κ3) is 8.13. The van der Waals surface area contributed by atoms with Crippen LogP contribution in [0.2, 0.25) is 0 Å². The van der Waals surface area contributed by atoms with E-state index in [0.29, 0.717) is 24.8 Å². The number of carbonyl (C=O) groups is 2. The lowest BCUT2D eigenvalue weighted by Gasteiger charge is -2.14. The second-order valence-electron chi connectivity index (χ2n) is 7.24. The average molecular weight is 517 g/mol. The molecule has 1 aromatic carbocycles. The average Bonchev–Trinajstić information content (AvgIpc) is 2.77. The van der Waals surface area contributed by atoms with Gasteiger partial charge in [-0.15, -0.1) is 0 Å². The van der Waals surface area contributed by atoms with Gasteiger partial charge >= 0.3 is 6.18 Å². The Hall–Kier alpha value is -3.88. The summed E-state index contributed by atoms with van der Waals surface area (Å²) in [4.78, 5) is 39.2. The van der Waals surface area contributed by atoms with E-state index in [2.05, 4.69) is 10.3 Å². The van der Waals surface area contributed by atoms with Crippen LogP contribution in [0.3, 0.4) is 0 Å². The molecule has 1 amide bonds. The highest BCUT2D eigenvalue weighted by molar-refractivity contribution is 7.92. The van der Waals surface area contributed by atoms with E-state index in [-0.39, 0.29) is 18.9 Å². The van der Waals surface area contributed by atoms with Gasteiger partial charge in [-0.05, 0) is 43.2 Å². The van der Waals surface area contributed by atoms with Gasteiger partial charge < -0.3 is 26.1 Å². The number of halogens is 3. The first-order valence-corrected chi connectivity index (χ1v) is 11.5. The number of benzene rings is 1. The first kappa shape index (κ1) is 27.4. The number of sulfonamides is 1. The highest BCUT2D eigenvalue weighted by Crippen LogP contribution is 2.30. The minimum absolute atomic E-state index is 0.111. The van der Waals surface area contributed by atoms with Gasteiger partial charge in [0, 0.05) is 12.7 Å². The highest BCUT2D eigenvalue weighted by Gasteiger charge is 2.31. The second-order valence-corrected chi connectivity index (χ2v) is 8.93. The fourth-order valence-corrected chi connectivity index (χ4v) is 3.99. The standard InChI is InChI=1S/C20H23F3N6O5S/c21-20(22,23)13-4-1-6-15(10-13)35(33,34)28-16-7-3-9-29(18(16)32)11-17(31)27-14(12-30)5-2-8-26-19(24)25/h1,3-4,6-7,9-10,12,14,28H,2,5,8,11H2,(H,27,31)(H4,24,25,26)/t14-/m0/s1. The molecule has 1 aromatic heterocycles. The Morgan fingerprint density at radius 1 is 1.20 bits per heavy atom. The topological polar surface area (TPSA) is 179 Å². The molecule has 0 saturated heterocycles. The molecule has 1 heterocycles. The minimum atomic E-state index is -4.76. The molecule has 0 aliphatic rings. The van der Waals surface area contributed by atoms with Crippen molar-refractivity contribution in [3.63, 3.8) is 0 Å². The number of aldehydes is 1.